The quantitative estimate of drug-likeness (QED) is 0.762. The third-order valence-electron chi connectivity index (χ3n) is 4.55. The largest absolute Gasteiger partial charge is 0.390 e. The van der Waals surface area contributed by atoms with Crippen molar-refractivity contribution >= 4 is 5.91 Å². The van der Waals surface area contributed by atoms with Crippen LogP contribution in [0.15, 0.2) is 0 Å². The summed E-state index contributed by atoms with van der Waals surface area (Å²) in [7, 11) is 0. The van der Waals surface area contributed by atoms with E-state index in [-0.39, 0.29) is 5.92 Å². The van der Waals surface area contributed by atoms with Crippen LogP contribution in [0.2, 0.25) is 0 Å². The van der Waals surface area contributed by atoms with Gasteiger partial charge in [0.15, 0.2) is 0 Å². The van der Waals surface area contributed by atoms with Crippen LogP contribution in [0, 0.1) is 11.8 Å². The molecule has 1 N–H and O–H groups in total. The normalized spacial score (nSPS) is 39.1. The number of rotatable bonds is 1. The number of carbonyl (C=O) groups is 1. The van der Waals surface area contributed by atoms with E-state index in [0.29, 0.717) is 11.8 Å². The summed E-state index contributed by atoms with van der Waals surface area (Å²) in [6.07, 6.45) is 5.93. The molecule has 98 valence electrons. The first-order valence-corrected chi connectivity index (χ1v) is 7.01. The number of hydrogen-bond acceptors (Lipinski definition) is 2. The van der Waals surface area contributed by atoms with Crippen molar-refractivity contribution in [1.29, 1.82) is 0 Å². The predicted molar refractivity (Wildman–Crippen MR) is 67.6 cm³/mol. The Kier molecular flexibility index (Phi) is 3.76. The average molecular weight is 239 g/mol. The van der Waals surface area contributed by atoms with Crippen LogP contribution in [-0.4, -0.2) is 34.6 Å². The highest BCUT2D eigenvalue weighted by Crippen LogP contribution is 2.33. The maximum Gasteiger partial charge on any atom is 0.225 e. The Labute approximate surface area is 104 Å². The minimum atomic E-state index is -0.573. The molecule has 2 aliphatic rings. The molecule has 0 aromatic heterocycles. The van der Waals surface area contributed by atoms with Crippen molar-refractivity contribution in [3.8, 4) is 0 Å². The van der Waals surface area contributed by atoms with Crippen molar-refractivity contribution in [2.24, 2.45) is 11.8 Å². The van der Waals surface area contributed by atoms with Gasteiger partial charge < -0.3 is 10.0 Å². The SMILES string of the molecule is CC1CCCC1C(=O)N1CCCC(C)(O)CC1. The Morgan fingerprint density at radius 3 is 2.65 bits per heavy atom. The van der Waals surface area contributed by atoms with Gasteiger partial charge in [0.25, 0.3) is 0 Å². The van der Waals surface area contributed by atoms with E-state index in [0.717, 1.165) is 38.8 Å². The molecule has 1 amide bonds. The van der Waals surface area contributed by atoms with E-state index in [1.165, 1.54) is 12.8 Å². The standard InChI is InChI=1S/C14H25NO2/c1-11-5-3-6-12(11)13(16)15-9-4-7-14(2,17)8-10-15/h11-12,17H,3-10H2,1-2H3. The molecule has 1 saturated carbocycles. The fourth-order valence-electron chi connectivity index (χ4n) is 3.23. The van der Waals surface area contributed by atoms with Crippen molar-refractivity contribution in [2.75, 3.05) is 13.1 Å². The molecule has 0 bridgehead atoms. The Bertz CT molecular complexity index is 288. The smallest absolute Gasteiger partial charge is 0.225 e. The van der Waals surface area contributed by atoms with Crippen LogP contribution >= 0.6 is 0 Å². The van der Waals surface area contributed by atoms with Gasteiger partial charge in [0.2, 0.25) is 5.91 Å². The first-order chi connectivity index (χ1) is 7.99. The van der Waals surface area contributed by atoms with Crippen molar-refractivity contribution in [3.05, 3.63) is 0 Å². The molecule has 1 aliphatic heterocycles. The molecule has 1 saturated heterocycles. The molecular formula is C14H25NO2. The van der Waals surface area contributed by atoms with Gasteiger partial charge in [-0.15, -0.1) is 0 Å². The topological polar surface area (TPSA) is 40.5 Å². The zero-order valence-electron chi connectivity index (χ0n) is 11.1. The number of aliphatic hydroxyl groups is 1. The lowest BCUT2D eigenvalue weighted by molar-refractivity contribution is -0.136. The minimum Gasteiger partial charge on any atom is -0.390 e. The zero-order chi connectivity index (χ0) is 12.5. The van der Waals surface area contributed by atoms with Gasteiger partial charge in [0, 0.05) is 19.0 Å². The van der Waals surface area contributed by atoms with E-state index in [2.05, 4.69) is 6.92 Å². The number of nitrogens with zero attached hydrogens (tertiary/aromatic N) is 1. The van der Waals surface area contributed by atoms with E-state index in [9.17, 15) is 9.90 Å². The van der Waals surface area contributed by atoms with Crippen LogP contribution < -0.4 is 0 Å². The summed E-state index contributed by atoms with van der Waals surface area (Å²) in [4.78, 5) is 14.4. The molecule has 17 heavy (non-hydrogen) atoms. The summed E-state index contributed by atoms with van der Waals surface area (Å²) in [5, 5.41) is 10.0. The first-order valence-electron chi connectivity index (χ1n) is 7.01. The maximum absolute atomic E-state index is 12.4. The molecule has 0 spiro atoms. The van der Waals surface area contributed by atoms with E-state index in [1.807, 2.05) is 11.8 Å². The molecule has 0 aromatic rings. The molecular weight excluding hydrogens is 214 g/mol. The summed E-state index contributed by atoms with van der Waals surface area (Å²) in [5.74, 6) is 1.14. The predicted octanol–water partition coefficient (Wildman–Crippen LogP) is 2.19. The van der Waals surface area contributed by atoms with Gasteiger partial charge in [0.1, 0.15) is 0 Å². The molecule has 2 fully saturated rings. The van der Waals surface area contributed by atoms with E-state index < -0.39 is 5.60 Å². The summed E-state index contributed by atoms with van der Waals surface area (Å²) in [5.41, 5.74) is -0.573. The van der Waals surface area contributed by atoms with Crippen LogP contribution in [0.3, 0.4) is 0 Å². The van der Waals surface area contributed by atoms with Crippen LogP contribution in [-0.2, 0) is 4.79 Å². The molecule has 3 heteroatoms. The van der Waals surface area contributed by atoms with E-state index in [1.54, 1.807) is 0 Å². The molecule has 0 aromatic carbocycles. The molecule has 2 rings (SSSR count). The molecule has 3 unspecified atom stereocenters. The number of hydrogen-bond donors (Lipinski definition) is 1. The lowest BCUT2D eigenvalue weighted by Gasteiger charge is -2.26. The first kappa shape index (κ1) is 12.9. The average Bonchev–Trinajstić information content (AvgIpc) is 2.59. The summed E-state index contributed by atoms with van der Waals surface area (Å²) < 4.78 is 0. The number of amides is 1. The van der Waals surface area contributed by atoms with Gasteiger partial charge in [-0.05, 0) is 44.9 Å². The highest BCUT2D eigenvalue weighted by molar-refractivity contribution is 5.79. The van der Waals surface area contributed by atoms with Gasteiger partial charge in [-0.2, -0.15) is 0 Å². The second-order valence-electron chi connectivity index (χ2n) is 6.19. The summed E-state index contributed by atoms with van der Waals surface area (Å²) in [6.45, 7) is 5.65. The fourth-order valence-corrected chi connectivity index (χ4v) is 3.23. The highest BCUT2D eigenvalue weighted by Gasteiger charge is 2.34. The van der Waals surface area contributed by atoms with Gasteiger partial charge >= 0.3 is 0 Å². The molecule has 0 radical (unpaired) electrons. The Balaban J connectivity index is 1.95. The number of carbonyl (C=O) groups excluding carboxylic acids is 1. The molecule has 1 heterocycles. The van der Waals surface area contributed by atoms with Crippen molar-refractivity contribution in [3.63, 3.8) is 0 Å². The van der Waals surface area contributed by atoms with E-state index >= 15 is 0 Å². The highest BCUT2D eigenvalue weighted by atomic mass is 16.3. The van der Waals surface area contributed by atoms with Crippen molar-refractivity contribution in [1.82, 2.24) is 4.90 Å². The van der Waals surface area contributed by atoms with Crippen molar-refractivity contribution < 1.29 is 9.90 Å². The van der Waals surface area contributed by atoms with Gasteiger partial charge in [-0.3, -0.25) is 4.79 Å². The lowest BCUT2D eigenvalue weighted by Crippen LogP contribution is -2.38. The Morgan fingerprint density at radius 1 is 1.24 bits per heavy atom. The monoisotopic (exact) mass is 239 g/mol. The maximum atomic E-state index is 12.4. The van der Waals surface area contributed by atoms with Gasteiger partial charge in [-0.25, -0.2) is 0 Å². The zero-order valence-corrected chi connectivity index (χ0v) is 11.1. The Morgan fingerprint density at radius 2 is 2.00 bits per heavy atom. The fraction of sp³-hybridized carbons (Fsp3) is 0.929. The minimum absolute atomic E-state index is 0.248. The van der Waals surface area contributed by atoms with Gasteiger partial charge in [-0.1, -0.05) is 13.3 Å². The van der Waals surface area contributed by atoms with E-state index in [4.69, 9.17) is 0 Å². The molecule has 1 aliphatic carbocycles. The van der Waals surface area contributed by atoms with Crippen LogP contribution in [0.1, 0.15) is 52.4 Å². The summed E-state index contributed by atoms with van der Waals surface area (Å²) in [6, 6.07) is 0. The summed E-state index contributed by atoms with van der Waals surface area (Å²) >= 11 is 0. The number of likely N-dealkylation sites (tertiary alicyclic amines) is 1. The van der Waals surface area contributed by atoms with Crippen molar-refractivity contribution in [2.45, 2.75) is 58.0 Å². The van der Waals surface area contributed by atoms with Crippen LogP contribution in [0.4, 0.5) is 0 Å². The third-order valence-corrected chi connectivity index (χ3v) is 4.55. The molecule has 3 nitrogen and oxygen atoms in total. The molecule has 3 atom stereocenters. The van der Waals surface area contributed by atoms with Gasteiger partial charge in [0.05, 0.1) is 5.60 Å². The Hall–Kier alpha value is -0.570. The third kappa shape index (κ3) is 3.01. The second-order valence-corrected chi connectivity index (χ2v) is 6.19. The van der Waals surface area contributed by atoms with Crippen LogP contribution in [0.25, 0.3) is 0 Å². The van der Waals surface area contributed by atoms with Crippen LogP contribution in [0.5, 0.6) is 0 Å². The second kappa shape index (κ2) is 4.97. The lowest BCUT2D eigenvalue weighted by atomic mass is 9.96.